The largest absolute Gasteiger partial charge is 0.0654 e. The van der Waals surface area contributed by atoms with Crippen molar-refractivity contribution in [1.29, 1.82) is 0 Å². The average molecular weight is 292 g/mol. The third-order valence-electron chi connectivity index (χ3n) is 5.09. The van der Waals surface area contributed by atoms with Gasteiger partial charge in [0.05, 0.1) is 0 Å². The molecule has 0 spiro atoms. The van der Waals surface area contributed by atoms with Crippen molar-refractivity contribution in [2.45, 2.75) is 64.2 Å². The second kappa shape index (κ2) is 7.63. The molecule has 0 heterocycles. The summed E-state index contributed by atoms with van der Waals surface area (Å²) in [5.41, 5.74) is 5.70. The molecular weight excluding hydrogens is 264 g/mol. The van der Waals surface area contributed by atoms with Crippen molar-refractivity contribution in [3.05, 3.63) is 59.7 Å². The lowest BCUT2D eigenvalue weighted by Crippen LogP contribution is -2.04. The molecule has 0 atom stereocenters. The van der Waals surface area contributed by atoms with Crippen LogP contribution in [0.1, 0.15) is 68.9 Å². The Hall–Kier alpha value is -1.56. The number of hydrogen-bond donors (Lipinski definition) is 0. The fraction of sp³-hybridized carbons (Fsp3) is 0.455. The second-order valence-electron chi connectivity index (χ2n) is 6.76. The van der Waals surface area contributed by atoms with E-state index in [0.717, 1.165) is 5.92 Å². The first kappa shape index (κ1) is 15.3. The molecule has 22 heavy (non-hydrogen) atoms. The lowest BCUT2D eigenvalue weighted by Gasteiger charge is -2.22. The van der Waals surface area contributed by atoms with Crippen molar-refractivity contribution in [3.8, 4) is 11.1 Å². The zero-order valence-electron chi connectivity index (χ0n) is 13.9. The van der Waals surface area contributed by atoms with Gasteiger partial charge in [-0.25, -0.2) is 0 Å². The Morgan fingerprint density at radius 3 is 1.95 bits per heavy atom. The van der Waals surface area contributed by atoms with Crippen molar-refractivity contribution in [2.24, 2.45) is 0 Å². The van der Waals surface area contributed by atoms with E-state index >= 15 is 0 Å². The highest BCUT2D eigenvalue weighted by Crippen LogP contribution is 2.33. The van der Waals surface area contributed by atoms with E-state index in [4.69, 9.17) is 0 Å². The molecule has 0 nitrogen and oxygen atoms in total. The van der Waals surface area contributed by atoms with Crippen LogP contribution in [-0.4, -0.2) is 0 Å². The van der Waals surface area contributed by atoms with Crippen LogP contribution >= 0.6 is 0 Å². The molecule has 1 aliphatic rings. The van der Waals surface area contributed by atoms with Gasteiger partial charge in [-0.2, -0.15) is 0 Å². The second-order valence-corrected chi connectivity index (χ2v) is 6.76. The number of rotatable bonds is 5. The summed E-state index contributed by atoms with van der Waals surface area (Å²) in [7, 11) is 0. The van der Waals surface area contributed by atoms with Gasteiger partial charge in [-0.15, -0.1) is 0 Å². The molecule has 0 aromatic heterocycles. The molecule has 116 valence electrons. The van der Waals surface area contributed by atoms with Crippen LogP contribution in [0, 0.1) is 0 Å². The van der Waals surface area contributed by atoms with Crippen LogP contribution in [0.15, 0.2) is 48.5 Å². The van der Waals surface area contributed by atoms with Crippen LogP contribution in [0.5, 0.6) is 0 Å². The van der Waals surface area contributed by atoms with E-state index in [9.17, 15) is 0 Å². The normalized spacial score (nSPS) is 15.9. The highest BCUT2D eigenvalue weighted by molar-refractivity contribution is 5.64. The summed E-state index contributed by atoms with van der Waals surface area (Å²) >= 11 is 0. The van der Waals surface area contributed by atoms with Crippen molar-refractivity contribution < 1.29 is 0 Å². The summed E-state index contributed by atoms with van der Waals surface area (Å²) < 4.78 is 0. The Morgan fingerprint density at radius 2 is 1.36 bits per heavy atom. The molecular formula is C22H28. The summed E-state index contributed by atoms with van der Waals surface area (Å²) in [5, 5.41) is 0. The lowest BCUT2D eigenvalue weighted by atomic mass is 9.83. The van der Waals surface area contributed by atoms with Crippen LogP contribution in [0.2, 0.25) is 0 Å². The van der Waals surface area contributed by atoms with Gasteiger partial charge in [0.15, 0.2) is 0 Å². The third-order valence-corrected chi connectivity index (χ3v) is 5.09. The van der Waals surface area contributed by atoms with E-state index in [0.29, 0.717) is 0 Å². The Kier molecular flexibility index (Phi) is 5.32. The lowest BCUT2D eigenvalue weighted by molar-refractivity contribution is 0.443. The smallest absolute Gasteiger partial charge is 0.0162 e. The third kappa shape index (κ3) is 3.80. The monoisotopic (exact) mass is 292 g/mol. The highest BCUT2D eigenvalue weighted by atomic mass is 14.2. The number of hydrogen-bond acceptors (Lipinski definition) is 0. The average Bonchev–Trinajstić information content (AvgIpc) is 2.61. The maximum atomic E-state index is 2.36. The molecule has 0 amide bonds. The summed E-state index contributed by atoms with van der Waals surface area (Å²) in [6.45, 7) is 2.25. The van der Waals surface area contributed by atoms with E-state index in [-0.39, 0.29) is 0 Å². The molecule has 0 aliphatic heterocycles. The molecule has 0 saturated heterocycles. The first-order valence-electron chi connectivity index (χ1n) is 9.06. The first-order chi connectivity index (χ1) is 10.9. The molecule has 2 aromatic rings. The van der Waals surface area contributed by atoms with Gasteiger partial charge >= 0.3 is 0 Å². The van der Waals surface area contributed by atoms with Gasteiger partial charge < -0.3 is 0 Å². The van der Waals surface area contributed by atoms with Gasteiger partial charge in [-0.05, 0) is 53.9 Å². The van der Waals surface area contributed by atoms with E-state index in [1.165, 1.54) is 68.1 Å². The fourth-order valence-electron chi connectivity index (χ4n) is 3.63. The summed E-state index contributed by atoms with van der Waals surface area (Å²) in [6.07, 6.45) is 10.8. The van der Waals surface area contributed by atoms with Crippen LogP contribution < -0.4 is 0 Å². The molecule has 1 aliphatic carbocycles. The fourth-order valence-corrected chi connectivity index (χ4v) is 3.63. The summed E-state index contributed by atoms with van der Waals surface area (Å²) in [4.78, 5) is 0. The van der Waals surface area contributed by atoms with Crippen LogP contribution in [-0.2, 0) is 6.42 Å². The van der Waals surface area contributed by atoms with Gasteiger partial charge in [0.1, 0.15) is 0 Å². The molecule has 0 unspecified atom stereocenters. The number of benzene rings is 2. The SMILES string of the molecule is CCCCc1ccc(-c2ccc(C3CCCCC3)cc2)cc1. The standard InChI is InChI=1S/C22H28/c1-2-3-7-18-10-12-20(13-11-18)22-16-14-21(15-17-22)19-8-5-4-6-9-19/h10-17,19H,2-9H2,1H3. The minimum Gasteiger partial charge on any atom is -0.0654 e. The topological polar surface area (TPSA) is 0 Å². The predicted octanol–water partition coefficient (Wildman–Crippen LogP) is 6.74. The first-order valence-corrected chi connectivity index (χ1v) is 9.06. The Morgan fingerprint density at radius 1 is 0.773 bits per heavy atom. The van der Waals surface area contributed by atoms with Crippen LogP contribution in [0.25, 0.3) is 11.1 Å². The summed E-state index contributed by atoms with van der Waals surface area (Å²) in [6, 6.07) is 18.5. The highest BCUT2D eigenvalue weighted by Gasteiger charge is 2.15. The van der Waals surface area contributed by atoms with Gasteiger partial charge in [0, 0.05) is 0 Å². The quantitative estimate of drug-likeness (QED) is 0.572. The number of unbranched alkanes of at least 4 members (excludes halogenated alkanes) is 1. The molecule has 1 saturated carbocycles. The van der Waals surface area contributed by atoms with Gasteiger partial charge in [0.2, 0.25) is 0 Å². The molecule has 3 rings (SSSR count). The van der Waals surface area contributed by atoms with E-state index in [2.05, 4.69) is 55.5 Å². The molecule has 1 fully saturated rings. The molecule has 0 radical (unpaired) electrons. The van der Waals surface area contributed by atoms with Crippen molar-refractivity contribution in [3.63, 3.8) is 0 Å². The van der Waals surface area contributed by atoms with E-state index in [1.807, 2.05) is 0 Å². The molecule has 0 N–H and O–H groups in total. The minimum absolute atomic E-state index is 0.805. The maximum Gasteiger partial charge on any atom is -0.0162 e. The Bertz CT molecular complexity index is 556. The summed E-state index contributed by atoms with van der Waals surface area (Å²) in [5.74, 6) is 0.805. The van der Waals surface area contributed by atoms with Gasteiger partial charge in [-0.3, -0.25) is 0 Å². The Balaban J connectivity index is 1.69. The van der Waals surface area contributed by atoms with Crippen molar-refractivity contribution in [1.82, 2.24) is 0 Å². The van der Waals surface area contributed by atoms with Crippen molar-refractivity contribution >= 4 is 0 Å². The minimum atomic E-state index is 0.805. The zero-order valence-corrected chi connectivity index (χ0v) is 13.9. The maximum absolute atomic E-state index is 2.36. The zero-order chi connectivity index (χ0) is 15.2. The number of aryl methyl sites for hydroxylation is 1. The predicted molar refractivity (Wildman–Crippen MR) is 96.3 cm³/mol. The molecule has 0 heteroatoms. The molecule has 2 aromatic carbocycles. The van der Waals surface area contributed by atoms with Gasteiger partial charge in [-0.1, -0.05) is 81.1 Å². The van der Waals surface area contributed by atoms with Gasteiger partial charge in [0.25, 0.3) is 0 Å². The Labute approximate surface area is 135 Å². The van der Waals surface area contributed by atoms with E-state index < -0.39 is 0 Å². The van der Waals surface area contributed by atoms with E-state index in [1.54, 1.807) is 5.56 Å². The van der Waals surface area contributed by atoms with Crippen LogP contribution in [0.3, 0.4) is 0 Å². The molecule has 0 bridgehead atoms. The van der Waals surface area contributed by atoms with Crippen LogP contribution in [0.4, 0.5) is 0 Å². The van der Waals surface area contributed by atoms with Crippen molar-refractivity contribution in [2.75, 3.05) is 0 Å².